The number of carbonyl (C=O) groups is 4. The van der Waals surface area contributed by atoms with Gasteiger partial charge in [0.2, 0.25) is 0 Å². The Morgan fingerprint density at radius 1 is 0.897 bits per heavy atom. The standard InChI is InChI=1S/C18H29NO9S/c1-7-19(8-2)29-18-17(27-13(6)23)16(26-12(5)22)15(28-18)14(25-11(4)21)9-24-10(3)20/h14-18H,7-9H2,1-6H3/t14-,15+,16-,17+,18-/m0/s1. The Kier molecular flexibility index (Phi) is 10.4. The molecular weight excluding hydrogens is 406 g/mol. The molecule has 1 aliphatic rings. The van der Waals surface area contributed by atoms with E-state index in [1.54, 1.807) is 0 Å². The summed E-state index contributed by atoms with van der Waals surface area (Å²) >= 11 is 1.29. The lowest BCUT2D eigenvalue weighted by molar-refractivity contribution is -0.176. The zero-order valence-electron chi connectivity index (χ0n) is 17.5. The van der Waals surface area contributed by atoms with Crippen molar-refractivity contribution in [1.82, 2.24) is 4.31 Å². The molecule has 11 heteroatoms. The highest BCUT2D eigenvalue weighted by atomic mass is 32.2. The number of carbonyl (C=O) groups excluding carboxylic acids is 4. The Morgan fingerprint density at radius 3 is 1.90 bits per heavy atom. The van der Waals surface area contributed by atoms with Crippen LogP contribution in [0.2, 0.25) is 0 Å². The van der Waals surface area contributed by atoms with Gasteiger partial charge in [-0.2, -0.15) is 0 Å². The van der Waals surface area contributed by atoms with Crippen LogP contribution in [0.25, 0.3) is 0 Å². The normalized spacial score (nSPS) is 24.7. The van der Waals surface area contributed by atoms with E-state index in [4.69, 9.17) is 23.7 Å². The minimum atomic E-state index is -1.05. The van der Waals surface area contributed by atoms with Crippen LogP contribution in [0.1, 0.15) is 41.5 Å². The minimum absolute atomic E-state index is 0.299. The first-order valence-electron chi connectivity index (χ1n) is 9.31. The quantitative estimate of drug-likeness (QED) is 0.278. The fourth-order valence-electron chi connectivity index (χ4n) is 2.80. The van der Waals surface area contributed by atoms with Gasteiger partial charge in [-0.1, -0.05) is 13.8 Å². The summed E-state index contributed by atoms with van der Waals surface area (Å²) in [6.45, 7) is 9.85. The molecule has 1 saturated heterocycles. The van der Waals surface area contributed by atoms with Crippen LogP contribution in [0.5, 0.6) is 0 Å². The molecule has 0 amide bonds. The summed E-state index contributed by atoms with van der Waals surface area (Å²) in [5.41, 5.74) is -0.719. The van der Waals surface area contributed by atoms with E-state index >= 15 is 0 Å². The number of nitrogens with zero attached hydrogens (tertiary/aromatic N) is 1. The Hall–Kier alpha value is -1.85. The van der Waals surface area contributed by atoms with E-state index in [2.05, 4.69) is 0 Å². The summed E-state index contributed by atoms with van der Waals surface area (Å²) < 4.78 is 29.0. The average molecular weight is 435 g/mol. The molecule has 0 N–H and O–H groups in total. The molecule has 1 fully saturated rings. The van der Waals surface area contributed by atoms with Crippen LogP contribution >= 0.6 is 11.9 Å². The van der Waals surface area contributed by atoms with Gasteiger partial charge in [-0.05, 0) is 11.9 Å². The molecule has 1 heterocycles. The van der Waals surface area contributed by atoms with E-state index in [9.17, 15) is 19.2 Å². The van der Waals surface area contributed by atoms with Crippen molar-refractivity contribution in [2.75, 3.05) is 19.7 Å². The number of rotatable bonds is 10. The van der Waals surface area contributed by atoms with E-state index in [1.807, 2.05) is 18.2 Å². The molecule has 0 aromatic carbocycles. The number of esters is 4. The fourth-order valence-corrected chi connectivity index (χ4v) is 3.90. The van der Waals surface area contributed by atoms with Gasteiger partial charge < -0.3 is 23.7 Å². The predicted molar refractivity (Wildman–Crippen MR) is 102 cm³/mol. The van der Waals surface area contributed by atoms with Gasteiger partial charge in [-0.25, -0.2) is 4.31 Å². The summed E-state index contributed by atoms with van der Waals surface area (Å²) in [5, 5.41) is 0. The number of hydrogen-bond donors (Lipinski definition) is 0. The minimum Gasteiger partial charge on any atom is -0.462 e. The van der Waals surface area contributed by atoms with Gasteiger partial charge in [0.25, 0.3) is 0 Å². The zero-order valence-corrected chi connectivity index (χ0v) is 18.4. The molecule has 0 aliphatic carbocycles. The lowest BCUT2D eigenvalue weighted by Gasteiger charge is -2.27. The third-order valence-electron chi connectivity index (χ3n) is 3.90. The molecule has 166 valence electrons. The van der Waals surface area contributed by atoms with E-state index in [0.29, 0.717) is 13.1 Å². The molecule has 0 saturated carbocycles. The first-order valence-corrected chi connectivity index (χ1v) is 10.1. The van der Waals surface area contributed by atoms with Gasteiger partial charge in [0.15, 0.2) is 23.7 Å². The van der Waals surface area contributed by atoms with Crippen molar-refractivity contribution in [3.05, 3.63) is 0 Å². The zero-order chi connectivity index (χ0) is 22.1. The number of hydrogen-bond acceptors (Lipinski definition) is 11. The van der Waals surface area contributed by atoms with Crippen molar-refractivity contribution in [1.29, 1.82) is 0 Å². The number of ether oxygens (including phenoxy) is 5. The van der Waals surface area contributed by atoms with Crippen molar-refractivity contribution in [2.45, 2.75) is 71.4 Å². The summed E-state index contributed by atoms with van der Waals surface area (Å²) in [5.74, 6) is -2.40. The second-order valence-corrected chi connectivity index (χ2v) is 7.48. The first kappa shape index (κ1) is 25.2. The molecule has 0 aromatic rings. The fraction of sp³-hybridized carbons (Fsp3) is 0.778. The van der Waals surface area contributed by atoms with Crippen LogP contribution in [0.3, 0.4) is 0 Å². The van der Waals surface area contributed by atoms with E-state index in [-0.39, 0.29) is 6.61 Å². The molecule has 0 bridgehead atoms. The van der Waals surface area contributed by atoms with Crippen molar-refractivity contribution in [2.24, 2.45) is 0 Å². The van der Waals surface area contributed by atoms with Crippen molar-refractivity contribution in [3.63, 3.8) is 0 Å². The highest BCUT2D eigenvalue weighted by Gasteiger charge is 2.54. The lowest BCUT2D eigenvalue weighted by atomic mass is 10.1. The van der Waals surface area contributed by atoms with Gasteiger partial charge in [-0.15, -0.1) is 0 Å². The lowest BCUT2D eigenvalue weighted by Crippen LogP contribution is -2.46. The summed E-state index contributed by atoms with van der Waals surface area (Å²) in [4.78, 5) is 46.2. The third kappa shape index (κ3) is 8.19. The topological polar surface area (TPSA) is 118 Å². The Balaban J connectivity index is 3.23. The summed E-state index contributed by atoms with van der Waals surface area (Å²) in [6, 6.07) is 0. The Bertz CT molecular complexity index is 596. The first-order chi connectivity index (χ1) is 13.6. The predicted octanol–water partition coefficient (Wildman–Crippen LogP) is 1.06. The van der Waals surface area contributed by atoms with Crippen molar-refractivity contribution < 1.29 is 42.9 Å². The van der Waals surface area contributed by atoms with E-state index in [1.165, 1.54) is 39.6 Å². The molecular formula is C18H29NO9S. The van der Waals surface area contributed by atoms with Crippen molar-refractivity contribution in [3.8, 4) is 0 Å². The second-order valence-electron chi connectivity index (χ2n) is 6.29. The Labute approximate surface area is 174 Å². The molecule has 1 rings (SSSR count). The molecule has 0 spiro atoms. The van der Waals surface area contributed by atoms with Crippen LogP contribution in [-0.2, 0) is 42.9 Å². The van der Waals surface area contributed by atoms with Gasteiger partial charge in [0.05, 0.1) is 0 Å². The van der Waals surface area contributed by atoms with Crippen LogP contribution in [0.4, 0.5) is 0 Å². The van der Waals surface area contributed by atoms with Crippen LogP contribution in [0, 0.1) is 0 Å². The monoisotopic (exact) mass is 435 g/mol. The molecule has 5 atom stereocenters. The van der Waals surface area contributed by atoms with Crippen LogP contribution in [-0.4, -0.2) is 77.7 Å². The maximum Gasteiger partial charge on any atom is 0.303 e. The second kappa shape index (κ2) is 12.0. The third-order valence-corrected chi connectivity index (χ3v) is 5.31. The molecule has 10 nitrogen and oxygen atoms in total. The highest BCUT2D eigenvalue weighted by Crippen LogP contribution is 2.37. The maximum absolute atomic E-state index is 11.7. The van der Waals surface area contributed by atoms with E-state index < -0.39 is 53.7 Å². The molecule has 0 radical (unpaired) electrons. The van der Waals surface area contributed by atoms with Gasteiger partial charge in [0.1, 0.15) is 12.7 Å². The molecule has 29 heavy (non-hydrogen) atoms. The summed E-state index contributed by atoms with van der Waals surface area (Å²) in [7, 11) is 0. The van der Waals surface area contributed by atoms with Crippen LogP contribution < -0.4 is 0 Å². The van der Waals surface area contributed by atoms with Gasteiger partial charge in [0, 0.05) is 40.8 Å². The molecule has 0 aromatic heterocycles. The van der Waals surface area contributed by atoms with Gasteiger partial charge >= 0.3 is 23.9 Å². The SMILES string of the molecule is CCN(CC)S[C@@H]1O[C@H]([C@H](COC(C)=O)OC(C)=O)[C@H](OC(C)=O)[C@H]1OC(C)=O. The molecule has 1 aliphatic heterocycles. The van der Waals surface area contributed by atoms with E-state index in [0.717, 1.165) is 0 Å². The highest BCUT2D eigenvalue weighted by molar-refractivity contribution is 7.97. The average Bonchev–Trinajstić information content (AvgIpc) is 2.92. The largest absolute Gasteiger partial charge is 0.462 e. The van der Waals surface area contributed by atoms with Crippen molar-refractivity contribution >= 4 is 35.8 Å². The van der Waals surface area contributed by atoms with Crippen LogP contribution in [0.15, 0.2) is 0 Å². The summed E-state index contributed by atoms with van der Waals surface area (Å²) in [6.07, 6.45) is -4.05. The smallest absolute Gasteiger partial charge is 0.303 e. The molecule has 0 unspecified atom stereocenters. The maximum atomic E-state index is 11.7. The Morgan fingerprint density at radius 2 is 1.45 bits per heavy atom. The van der Waals surface area contributed by atoms with Gasteiger partial charge in [-0.3, -0.25) is 19.2 Å².